The average Bonchev–Trinajstić information content (AvgIpc) is 2.35. The van der Waals surface area contributed by atoms with Crippen molar-refractivity contribution in [1.29, 1.82) is 0 Å². The molecule has 3 N–H and O–H groups in total. The Bertz CT molecular complexity index is 644. The molecule has 0 spiro atoms. The van der Waals surface area contributed by atoms with Gasteiger partial charge in [0.1, 0.15) is 5.82 Å². The van der Waals surface area contributed by atoms with Crippen molar-refractivity contribution in [3.8, 4) is 0 Å². The lowest BCUT2D eigenvalue weighted by Crippen LogP contribution is -2.28. The summed E-state index contributed by atoms with van der Waals surface area (Å²) in [4.78, 5) is 11.1. The number of hydrogen-bond acceptors (Lipinski definition) is 5. The Morgan fingerprint density at radius 2 is 2.05 bits per heavy atom. The van der Waals surface area contributed by atoms with Gasteiger partial charge in [0.2, 0.25) is 10.0 Å². The van der Waals surface area contributed by atoms with E-state index in [-0.39, 0.29) is 41.3 Å². The second-order valence-electron chi connectivity index (χ2n) is 4.50. The first-order valence-electron chi connectivity index (χ1n) is 6.41. The fraction of sp³-hybridized carbons (Fsp3) is 0.462. The number of nitrogen functional groups attached to an aromatic ring is 1. The first kappa shape index (κ1) is 17.4. The molecule has 6 nitrogen and oxygen atoms in total. The van der Waals surface area contributed by atoms with E-state index < -0.39 is 21.8 Å². The molecule has 8 heteroatoms. The van der Waals surface area contributed by atoms with Crippen molar-refractivity contribution in [3.05, 3.63) is 23.0 Å². The zero-order valence-corrected chi connectivity index (χ0v) is 13.0. The number of benzene rings is 1. The average molecular weight is 318 g/mol. The summed E-state index contributed by atoms with van der Waals surface area (Å²) >= 11 is 0. The summed E-state index contributed by atoms with van der Waals surface area (Å²) in [6.45, 7) is 4.71. The third-order valence-electron chi connectivity index (χ3n) is 2.90. The van der Waals surface area contributed by atoms with E-state index in [4.69, 9.17) is 10.5 Å². The lowest BCUT2D eigenvalue weighted by atomic mass is 10.1. The largest absolute Gasteiger partial charge is 0.466 e. The lowest BCUT2D eigenvalue weighted by Gasteiger charge is -2.14. The Morgan fingerprint density at radius 3 is 2.62 bits per heavy atom. The maximum absolute atomic E-state index is 13.4. The molecular formula is C13H19FN2O4S. The van der Waals surface area contributed by atoms with E-state index in [9.17, 15) is 17.6 Å². The number of ether oxygens (including phenoxy) is 1. The first-order valence-corrected chi connectivity index (χ1v) is 7.89. The minimum atomic E-state index is -3.88. The molecule has 0 fully saturated rings. The second kappa shape index (κ2) is 6.86. The zero-order chi connectivity index (χ0) is 16.2. The van der Waals surface area contributed by atoms with Gasteiger partial charge in [-0.05, 0) is 38.0 Å². The van der Waals surface area contributed by atoms with Crippen LogP contribution >= 0.6 is 0 Å². The maximum atomic E-state index is 13.4. The van der Waals surface area contributed by atoms with E-state index in [1.807, 2.05) is 0 Å². The van der Waals surface area contributed by atoms with Crippen molar-refractivity contribution in [1.82, 2.24) is 4.72 Å². The van der Waals surface area contributed by atoms with Crippen LogP contribution in [0.15, 0.2) is 11.0 Å². The molecule has 0 radical (unpaired) electrons. The zero-order valence-electron chi connectivity index (χ0n) is 12.2. The molecule has 0 saturated heterocycles. The molecule has 0 aliphatic carbocycles. The summed E-state index contributed by atoms with van der Waals surface area (Å²) in [6, 6.07) is 1.07. The van der Waals surface area contributed by atoms with Gasteiger partial charge >= 0.3 is 5.97 Å². The van der Waals surface area contributed by atoms with Crippen LogP contribution in [0, 0.1) is 19.7 Å². The smallest absolute Gasteiger partial charge is 0.307 e. The van der Waals surface area contributed by atoms with Crippen molar-refractivity contribution >= 4 is 21.7 Å². The molecule has 0 atom stereocenters. The van der Waals surface area contributed by atoms with Gasteiger partial charge in [-0.2, -0.15) is 0 Å². The Balaban J connectivity index is 2.94. The van der Waals surface area contributed by atoms with Gasteiger partial charge in [-0.3, -0.25) is 4.79 Å². The van der Waals surface area contributed by atoms with Crippen molar-refractivity contribution in [2.45, 2.75) is 32.1 Å². The molecule has 0 aliphatic heterocycles. The summed E-state index contributed by atoms with van der Waals surface area (Å²) in [5.74, 6) is -1.15. The Hall–Kier alpha value is -1.67. The van der Waals surface area contributed by atoms with Crippen LogP contribution < -0.4 is 10.5 Å². The number of hydrogen-bond donors (Lipinski definition) is 2. The topological polar surface area (TPSA) is 98.5 Å². The molecule has 0 unspecified atom stereocenters. The maximum Gasteiger partial charge on any atom is 0.307 e. The van der Waals surface area contributed by atoms with Crippen LogP contribution in [0.5, 0.6) is 0 Å². The molecule has 1 aromatic carbocycles. The second-order valence-corrected chi connectivity index (χ2v) is 6.20. The Kier molecular flexibility index (Phi) is 5.68. The molecule has 21 heavy (non-hydrogen) atoms. The van der Waals surface area contributed by atoms with Crippen LogP contribution in [-0.2, 0) is 19.6 Å². The van der Waals surface area contributed by atoms with E-state index in [2.05, 4.69) is 4.72 Å². The van der Waals surface area contributed by atoms with Crippen LogP contribution in [-0.4, -0.2) is 27.5 Å². The minimum absolute atomic E-state index is 0.0646. The molecule has 0 heterocycles. The Labute approximate surface area is 123 Å². The molecular weight excluding hydrogens is 299 g/mol. The van der Waals surface area contributed by atoms with Gasteiger partial charge < -0.3 is 10.5 Å². The quantitative estimate of drug-likeness (QED) is 0.608. The summed E-state index contributed by atoms with van der Waals surface area (Å²) in [7, 11) is -3.88. The van der Waals surface area contributed by atoms with Gasteiger partial charge in [0.25, 0.3) is 0 Å². The molecule has 0 saturated carbocycles. The van der Waals surface area contributed by atoms with Crippen molar-refractivity contribution in [2.24, 2.45) is 0 Å². The van der Waals surface area contributed by atoms with Crippen LogP contribution in [0.25, 0.3) is 0 Å². The highest BCUT2D eigenvalue weighted by Gasteiger charge is 2.22. The number of rotatable bonds is 6. The van der Waals surface area contributed by atoms with Crippen molar-refractivity contribution in [2.75, 3.05) is 18.9 Å². The highest BCUT2D eigenvalue weighted by atomic mass is 32.2. The summed E-state index contributed by atoms with van der Waals surface area (Å²) in [5, 5.41) is 0. The number of sulfonamides is 1. The van der Waals surface area contributed by atoms with Crippen LogP contribution in [0.4, 0.5) is 10.1 Å². The molecule has 118 valence electrons. The number of nitrogens with one attached hydrogen (secondary N) is 1. The molecule has 0 aromatic heterocycles. The molecule has 1 rings (SSSR count). The number of carbonyl (C=O) groups excluding carboxylic acids is 1. The van der Waals surface area contributed by atoms with E-state index in [0.29, 0.717) is 0 Å². The summed E-state index contributed by atoms with van der Waals surface area (Å²) < 4.78 is 44.9. The number of halogens is 1. The fourth-order valence-corrected chi connectivity index (χ4v) is 3.45. The van der Waals surface area contributed by atoms with E-state index >= 15 is 0 Å². The van der Waals surface area contributed by atoms with Gasteiger partial charge in [-0.15, -0.1) is 0 Å². The van der Waals surface area contributed by atoms with Crippen LogP contribution in [0.3, 0.4) is 0 Å². The molecule has 0 amide bonds. The van der Waals surface area contributed by atoms with E-state index in [1.165, 1.54) is 13.8 Å². The predicted octanol–water partition coefficient (Wildman–Crippen LogP) is 1.26. The van der Waals surface area contributed by atoms with Gasteiger partial charge in [-0.25, -0.2) is 17.5 Å². The standard InChI is InChI=1S/C13H19FN2O4S/c1-4-20-11(17)5-6-16-21(18,19)13-8(2)7-10(14)12(15)9(13)3/h7,16H,4-6,15H2,1-3H3. The summed E-state index contributed by atoms with van der Waals surface area (Å²) in [6.07, 6.45) is -0.0815. The van der Waals surface area contributed by atoms with Gasteiger partial charge in [0, 0.05) is 6.54 Å². The van der Waals surface area contributed by atoms with Crippen LogP contribution in [0.2, 0.25) is 0 Å². The number of nitrogens with two attached hydrogens (primary N) is 1. The highest BCUT2D eigenvalue weighted by molar-refractivity contribution is 7.89. The molecule has 0 bridgehead atoms. The van der Waals surface area contributed by atoms with Gasteiger partial charge in [0.05, 0.1) is 23.6 Å². The van der Waals surface area contributed by atoms with Gasteiger partial charge in [0.15, 0.2) is 0 Å². The highest BCUT2D eigenvalue weighted by Crippen LogP contribution is 2.27. The number of aryl methyl sites for hydroxylation is 1. The number of carbonyl (C=O) groups is 1. The first-order chi connectivity index (χ1) is 9.70. The third kappa shape index (κ3) is 4.15. The summed E-state index contributed by atoms with van der Waals surface area (Å²) in [5.41, 5.74) is 5.72. The lowest BCUT2D eigenvalue weighted by molar-refractivity contribution is -0.142. The normalized spacial score (nSPS) is 11.4. The fourth-order valence-electron chi connectivity index (χ4n) is 1.94. The predicted molar refractivity (Wildman–Crippen MR) is 76.7 cm³/mol. The van der Waals surface area contributed by atoms with Crippen LogP contribution in [0.1, 0.15) is 24.5 Å². The Morgan fingerprint density at radius 1 is 1.43 bits per heavy atom. The van der Waals surface area contributed by atoms with E-state index in [1.54, 1.807) is 6.92 Å². The third-order valence-corrected chi connectivity index (χ3v) is 4.65. The molecule has 1 aromatic rings. The monoisotopic (exact) mass is 318 g/mol. The SMILES string of the molecule is CCOC(=O)CCNS(=O)(=O)c1c(C)cc(F)c(N)c1C. The van der Waals surface area contributed by atoms with Gasteiger partial charge in [-0.1, -0.05) is 0 Å². The number of esters is 1. The van der Waals surface area contributed by atoms with Crippen molar-refractivity contribution < 1.29 is 22.3 Å². The van der Waals surface area contributed by atoms with Crippen molar-refractivity contribution in [3.63, 3.8) is 0 Å². The minimum Gasteiger partial charge on any atom is -0.466 e. The van der Waals surface area contributed by atoms with E-state index in [0.717, 1.165) is 6.07 Å². The number of anilines is 1. The molecule has 0 aliphatic rings.